The first kappa shape index (κ1) is 27.7. The summed E-state index contributed by atoms with van der Waals surface area (Å²) >= 11 is 5.86. The Labute approximate surface area is 212 Å². The van der Waals surface area contributed by atoms with Crippen LogP contribution in [0.4, 0.5) is 10.2 Å². The van der Waals surface area contributed by atoms with E-state index in [1.54, 1.807) is 0 Å². The van der Waals surface area contributed by atoms with Gasteiger partial charge in [0.15, 0.2) is 23.3 Å². The molecule has 0 saturated carbocycles. The molecule has 200 valence electrons. The predicted molar refractivity (Wildman–Crippen MR) is 123 cm³/mol. The molecule has 4 unspecified atom stereocenters. The summed E-state index contributed by atoms with van der Waals surface area (Å²) in [5.41, 5.74) is 4.60. The van der Waals surface area contributed by atoms with Gasteiger partial charge in [0.1, 0.15) is 17.4 Å². The lowest BCUT2D eigenvalue weighted by Gasteiger charge is -2.26. The van der Waals surface area contributed by atoms with Gasteiger partial charge in [0.2, 0.25) is 5.28 Å². The molecule has 0 amide bonds. The Bertz CT molecular complexity index is 1320. The van der Waals surface area contributed by atoms with Crippen molar-refractivity contribution >= 4 is 47.0 Å². The molecule has 1 aliphatic rings. The average molecular weight is 544 g/mol. The number of aryl methyl sites for hydroxylation is 1. The first-order valence-electron chi connectivity index (χ1n) is 10.6. The number of carboxylic acid groups (broad SMARTS) is 3. The summed E-state index contributed by atoms with van der Waals surface area (Å²) < 4.78 is 28.8. The van der Waals surface area contributed by atoms with E-state index in [1.807, 2.05) is 0 Å². The summed E-state index contributed by atoms with van der Waals surface area (Å²) in [4.78, 5) is 43.5. The third-order valence-corrected chi connectivity index (χ3v) is 5.70. The fourth-order valence-electron chi connectivity index (χ4n) is 3.77. The largest absolute Gasteiger partial charge is 0.483 e. The minimum atomic E-state index is -1.76. The van der Waals surface area contributed by atoms with Crippen molar-refractivity contribution in [2.45, 2.75) is 43.9 Å². The zero-order valence-electron chi connectivity index (χ0n) is 19.5. The second-order valence-electron chi connectivity index (χ2n) is 8.18. The molecule has 0 aliphatic carbocycles. The summed E-state index contributed by atoms with van der Waals surface area (Å²) in [5, 5.41) is 29.7. The van der Waals surface area contributed by atoms with E-state index >= 15 is 0 Å². The fraction of sp³-hybridized carbons (Fsp3) is 0.450. The molecule has 3 aromatic rings. The average Bonchev–Trinajstić information content (AvgIpc) is 3.49. The third kappa shape index (κ3) is 5.92. The number of rotatable bonds is 8. The highest BCUT2D eigenvalue weighted by atomic mass is 35.5. The van der Waals surface area contributed by atoms with E-state index in [4.69, 9.17) is 41.8 Å². The van der Waals surface area contributed by atoms with Crippen molar-refractivity contribution in [3.8, 4) is 0 Å². The van der Waals surface area contributed by atoms with Crippen LogP contribution >= 0.6 is 11.6 Å². The number of halogens is 2. The lowest BCUT2D eigenvalue weighted by molar-refractivity contribution is -0.169. The van der Waals surface area contributed by atoms with Crippen molar-refractivity contribution < 1.29 is 43.6 Å². The van der Waals surface area contributed by atoms with Gasteiger partial charge in [0.25, 0.3) is 6.47 Å². The summed E-state index contributed by atoms with van der Waals surface area (Å²) in [5.74, 6) is -2.44. The highest BCUT2D eigenvalue weighted by Crippen LogP contribution is 2.35. The Balaban J connectivity index is 0.00000121. The lowest BCUT2D eigenvalue weighted by Crippen LogP contribution is -2.42. The number of hydrogen-bond donors (Lipinski definition) is 4. The molecule has 4 heterocycles. The van der Waals surface area contributed by atoms with E-state index < -0.39 is 36.0 Å². The number of aromatic nitrogens is 6. The van der Waals surface area contributed by atoms with Gasteiger partial charge in [-0.2, -0.15) is 15.1 Å². The van der Waals surface area contributed by atoms with Crippen LogP contribution in [0.25, 0.3) is 11.2 Å². The zero-order chi connectivity index (χ0) is 27.5. The normalized spacial score (nSPS) is 20.7. The lowest BCUT2D eigenvalue weighted by atomic mass is 9.99. The molecule has 1 fully saturated rings. The molecule has 0 bridgehead atoms. The molecule has 0 aromatic carbocycles. The maximum Gasteiger partial charge on any atom is 0.354 e. The van der Waals surface area contributed by atoms with Crippen molar-refractivity contribution in [3.05, 3.63) is 29.1 Å². The Morgan fingerprint density at radius 1 is 1.41 bits per heavy atom. The van der Waals surface area contributed by atoms with Gasteiger partial charge in [0.05, 0.1) is 24.7 Å². The number of hydrogen-bond acceptors (Lipinski definition) is 10. The molecule has 0 radical (unpaired) electrons. The number of imidazole rings is 1. The molecule has 4 atom stereocenters. The number of aliphatic carboxylic acids is 1. The minimum Gasteiger partial charge on any atom is -0.483 e. The van der Waals surface area contributed by atoms with Crippen LogP contribution in [0.15, 0.2) is 12.4 Å². The van der Waals surface area contributed by atoms with Crippen LogP contribution < -0.4 is 5.73 Å². The number of anilines is 1. The van der Waals surface area contributed by atoms with E-state index in [0.717, 1.165) is 4.68 Å². The molecule has 1 saturated heterocycles. The number of carboxylic acids is 2. The second-order valence-corrected chi connectivity index (χ2v) is 8.52. The van der Waals surface area contributed by atoms with Crippen LogP contribution in [-0.4, -0.2) is 87.5 Å². The molecule has 0 spiro atoms. The van der Waals surface area contributed by atoms with Crippen molar-refractivity contribution in [1.82, 2.24) is 29.3 Å². The topological polar surface area (TPSA) is 218 Å². The van der Waals surface area contributed by atoms with Crippen molar-refractivity contribution in [3.63, 3.8) is 0 Å². The fourth-order valence-corrected chi connectivity index (χ4v) is 3.94. The van der Waals surface area contributed by atoms with E-state index in [0.29, 0.717) is 0 Å². The number of aromatic carboxylic acids is 1. The smallest absolute Gasteiger partial charge is 0.354 e. The SMILES string of the molecule is Cn1nc(CC(C)(OCC2CC(F)C(n3cnc4c(N)nc(Cl)nc43)O2)C(=O)O)cc1C(=O)O.O=CO. The van der Waals surface area contributed by atoms with Gasteiger partial charge in [-0.1, -0.05) is 0 Å². The van der Waals surface area contributed by atoms with Crippen LogP contribution in [0.1, 0.15) is 35.8 Å². The monoisotopic (exact) mass is 543 g/mol. The Morgan fingerprint density at radius 2 is 2.08 bits per heavy atom. The van der Waals surface area contributed by atoms with Gasteiger partial charge in [-0.05, 0) is 24.6 Å². The molecule has 1 aliphatic heterocycles. The van der Waals surface area contributed by atoms with E-state index in [9.17, 15) is 19.1 Å². The minimum absolute atomic E-state index is 0.0415. The van der Waals surface area contributed by atoms with Crippen LogP contribution in [0.3, 0.4) is 0 Å². The first-order valence-corrected chi connectivity index (χ1v) is 10.9. The van der Waals surface area contributed by atoms with Gasteiger partial charge in [-0.3, -0.25) is 14.0 Å². The quantitative estimate of drug-likeness (QED) is 0.230. The van der Waals surface area contributed by atoms with E-state index in [-0.39, 0.29) is 59.6 Å². The Morgan fingerprint density at radius 3 is 2.68 bits per heavy atom. The number of fused-ring (bicyclic) bond motifs is 1. The van der Waals surface area contributed by atoms with Crippen LogP contribution in [0.2, 0.25) is 5.28 Å². The highest BCUT2D eigenvalue weighted by Gasteiger charge is 2.41. The van der Waals surface area contributed by atoms with Gasteiger partial charge < -0.3 is 30.5 Å². The maximum atomic E-state index is 14.9. The predicted octanol–water partition coefficient (Wildman–Crippen LogP) is 0.923. The van der Waals surface area contributed by atoms with Gasteiger partial charge in [-0.15, -0.1) is 0 Å². The Hall–Kier alpha value is -3.89. The molecule has 4 rings (SSSR count). The molecule has 17 heteroatoms. The van der Waals surface area contributed by atoms with Crippen LogP contribution in [-0.2, 0) is 32.5 Å². The van der Waals surface area contributed by atoms with E-state index in [2.05, 4.69) is 20.1 Å². The Kier molecular flexibility index (Phi) is 8.25. The van der Waals surface area contributed by atoms with Gasteiger partial charge >= 0.3 is 11.9 Å². The number of nitrogens with zero attached hydrogens (tertiary/aromatic N) is 6. The van der Waals surface area contributed by atoms with Crippen molar-refractivity contribution in [1.29, 1.82) is 0 Å². The summed E-state index contributed by atoms with van der Waals surface area (Å²) in [6.07, 6.45) is -2.31. The van der Waals surface area contributed by atoms with Gasteiger partial charge in [0, 0.05) is 19.9 Å². The first-order chi connectivity index (χ1) is 17.4. The molecule has 5 N–H and O–H groups in total. The summed E-state index contributed by atoms with van der Waals surface area (Å²) in [7, 11) is 1.44. The van der Waals surface area contributed by atoms with Crippen LogP contribution in [0.5, 0.6) is 0 Å². The summed E-state index contributed by atoms with van der Waals surface area (Å²) in [6.45, 7) is 0.845. The van der Waals surface area contributed by atoms with Gasteiger partial charge in [-0.25, -0.2) is 19.0 Å². The number of carbonyl (C=O) groups is 3. The maximum absolute atomic E-state index is 14.9. The van der Waals surface area contributed by atoms with Crippen LogP contribution in [0, 0.1) is 0 Å². The molecular formula is C20H23ClFN7O8. The molecule has 15 nitrogen and oxygen atoms in total. The van der Waals surface area contributed by atoms with Crippen molar-refractivity contribution in [2.24, 2.45) is 7.05 Å². The zero-order valence-corrected chi connectivity index (χ0v) is 20.2. The summed E-state index contributed by atoms with van der Waals surface area (Å²) in [6, 6.07) is 1.27. The highest BCUT2D eigenvalue weighted by molar-refractivity contribution is 6.28. The molecule has 3 aromatic heterocycles. The second kappa shape index (κ2) is 11.0. The number of nitrogen functional groups attached to an aromatic ring is 1. The molecule has 37 heavy (non-hydrogen) atoms. The standard InChI is InChI=1S/C19H21ClFN7O6.CH2O2/c1-19(17(31)32,5-8-3-11(16(29)30)27(2)26-8)33-6-9-4-10(21)15(34-9)28-7-23-12-13(22)24-18(20)25-14(12)28;2-1-3/h3,7,9-10,15H,4-6H2,1-2H3,(H,29,30)(H,31,32)(H2,22,24,25);1H,(H,2,3). The van der Waals surface area contributed by atoms with E-state index in [1.165, 1.54) is 30.9 Å². The number of nitrogens with two attached hydrogens (primary N) is 1. The van der Waals surface area contributed by atoms with Crippen molar-refractivity contribution in [2.75, 3.05) is 12.3 Å². The third-order valence-electron chi connectivity index (χ3n) is 5.53. The number of ether oxygens (including phenoxy) is 2. The molecular weight excluding hydrogens is 521 g/mol. The number of alkyl halides is 1.